The van der Waals surface area contributed by atoms with Crippen LogP contribution >= 0.6 is 46.9 Å². The van der Waals surface area contributed by atoms with Crippen molar-refractivity contribution in [2.45, 2.75) is 19.6 Å². The van der Waals surface area contributed by atoms with E-state index in [0.717, 1.165) is 21.9 Å². The van der Waals surface area contributed by atoms with Gasteiger partial charge in [0, 0.05) is 29.6 Å². The molecule has 0 saturated heterocycles. The number of aliphatic hydroxyl groups is 1. The molecule has 0 aliphatic carbocycles. The Bertz CT molecular complexity index is 742. The summed E-state index contributed by atoms with van der Waals surface area (Å²) in [7, 11) is 3.24. The van der Waals surface area contributed by atoms with E-state index in [1.165, 1.54) is 11.3 Å². The van der Waals surface area contributed by atoms with Gasteiger partial charge in [0.05, 0.1) is 25.1 Å². The molecule has 2 rings (SSSR count). The van der Waals surface area contributed by atoms with E-state index in [2.05, 4.69) is 15.6 Å². The van der Waals surface area contributed by atoms with Crippen molar-refractivity contribution in [1.29, 1.82) is 0 Å². The Labute approximate surface area is 186 Å². The quantitative estimate of drug-likeness (QED) is 0.278. The summed E-state index contributed by atoms with van der Waals surface area (Å²) in [6.07, 6.45) is -0.646. The number of aliphatic hydroxyl groups excluding tert-OH is 1. The van der Waals surface area contributed by atoms with Crippen molar-refractivity contribution in [3.05, 3.63) is 45.1 Å². The molecule has 0 aliphatic rings. The molecule has 1 unspecified atom stereocenters. The fourth-order valence-corrected chi connectivity index (χ4v) is 3.34. The summed E-state index contributed by atoms with van der Waals surface area (Å²) < 4.78 is 11.3. The second kappa shape index (κ2) is 12.3. The average molecular weight is 526 g/mol. The van der Waals surface area contributed by atoms with Crippen molar-refractivity contribution in [2.24, 2.45) is 4.99 Å². The number of hydrogen-bond donors (Lipinski definition) is 3. The van der Waals surface area contributed by atoms with E-state index in [-0.39, 0.29) is 24.0 Å². The summed E-state index contributed by atoms with van der Waals surface area (Å²) in [4.78, 5) is 5.37. The van der Waals surface area contributed by atoms with E-state index < -0.39 is 6.10 Å². The van der Waals surface area contributed by atoms with Crippen molar-refractivity contribution in [1.82, 2.24) is 10.6 Å². The SMILES string of the molecule is CCNC(=NCc1ccc(OC)cc1OC)NCC(O)c1ccc(Cl)s1.I. The zero-order chi connectivity index (χ0) is 18.9. The van der Waals surface area contributed by atoms with E-state index in [9.17, 15) is 5.11 Å². The summed E-state index contributed by atoms with van der Waals surface area (Å²) in [6.45, 7) is 3.47. The molecule has 27 heavy (non-hydrogen) atoms. The Morgan fingerprint density at radius 3 is 2.59 bits per heavy atom. The van der Waals surface area contributed by atoms with Gasteiger partial charge >= 0.3 is 0 Å². The van der Waals surface area contributed by atoms with Gasteiger partial charge in [-0.25, -0.2) is 4.99 Å². The van der Waals surface area contributed by atoms with Crippen LogP contribution in [0.1, 0.15) is 23.5 Å². The van der Waals surface area contributed by atoms with Gasteiger partial charge in [-0.15, -0.1) is 35.3 Å². The number of nitrogens with zero attached hydrogens (tertiary/aromatic N) is 1. The van der Waals surface area contributed by atoms with Gasteiger partial charge in [-0.3, -0.25) is 0 Å². The van der Waals surface area contributed by atoms with Crippen LogP contribution in [0.3, 0.4) is 0 Å². The van der Waals surface area contributed by atoms with Gasteiger partial charge < -0.3 is 25.2 Å². The maximum atomic E-state index is 10.2. The highest BCUT2D eigenvalue weighted by Gasteiger charge is 2.11. The number of thiophene rings is 1. The fraction of sp³-hybridized carbons (Fsp3) is 0.389. The van der Waals surface area contributed by atoms with Crippen molar-refractivity contribution in [2.75, 3.05) is 27.3 Å². The molecular formula is C18H25ClIN3O3S. The first-order valence-electron chi connectivity index (χ1n) is 8.23. The molecule has 0 spiro atoms. The summed E-state index contributed by atoms with van der Waals surface area (Å²) in [6, 6.07) is 9.23. The third kappa shape index (κ3) is 7.36. The number of rotatable bonds is 8. The van der Waals surface area contributed by atoms with Crippen molar-refractivity contribution < 1.29 is 14.6 Å². The second-order valence-corrected chi connectivity index (χ2v) is 7.16. The molecule has 9 heteroatoms. The Morgan fingerprint density at radius 1 is 1.22 bits per heavy atom. The minimum Gasteiger partial charge on any atom is -0.497 e. The molecule has 1 atom stereocenters. The molecule has 6 nitrogen and oxygen atoms in total. The number of guanidine groups is 1. The lowest BCUT2D eigenvalue weighted by Gasteiger charge is -2.15. The van der Waals surface area contributed by atoms with E-state index >= 15 is 0 Å². The molecule has 0 aliphatic heterocycles. The Balaban J connectivity index is 0.00000364. The fourth-order valence-electron chi connectivity index (χ4n) is 2.29. The van der Waals surface area contributed by atoms with Crippen LogP contribution in [0.5, 0.6) is 11.5 Å². The first kappa shape index (κ1) is 23.8. The van der Waals surface area contributed by atoms with E-state index in [1.807, 2.05) is 31.2 Å². The molecule has 0 radical (unpaired) electrons. The lowest BCUT2D eigenvalue weighted by molar-refractivity contribution is 0.184. The lowest BCUT2D eigenvalue weighted by atomic mass is 10.2. The largest absolute Gasteiger partial charge is 0.497 e. The number of benzene rings is 1. The number of nitrogens with one attached hydrogen (secondary N) is 2. The first-order valence-corrected chi connectivity index (χ1v) is 9.43. The lowest BCUT2D eigenvalue weighted by Crippen LogP contribution is -2.39. The molecule has 1 aromatic carbocycles. The zero-order valence-electron chi connectivity index (χ0n) is 15.5. The Morgan fingerprint density at radius 2 is 2.00 bits per heavy atom. The van der Waals surface area contributed by atoms with Gasteiger partial charge in [0.2, 0.25) is 0 Å². The van der Waals surface area contributed by atoms with Crippen molar-refractivity contribution >= 4 is 52.9 Å². The number of hydrogen-bond acceptors (Lipinski definition) is 5. The minimum absolute atomic E-state index is 0. The summed E-state index contributed by atoms with van der Waals surface area (Å²) in [5.41, 5.74) is 0.941. The second-order valence-electron chi connectivity index (χ2n) is 5.41. The topological polar surface area (TPSA) is 75.1 Å². The maximum Gasteiger partial charge on any atom is 0.191 e. The number of aliphatic imine (C=N–C) groups is 1. The number of methoxy groups -OCH3 is 2. The molecular weight excluding hydrogens is 501 g/mol. The third-order valence-electron chi connectivity index (χ3n) is 3.63. The zero-order valence-corrected chi connectivity index (χ0v) is 19.4. The molecule has 2 aromatic rings. The molecule has 0 amide bonds. The molecule has 0 fully saturated rings. The number of halogens is 2. The normalized spacial score (nSPS) is 12.1. The summed E-state index contributed by atoms with van der Waals surface area (Å²) in [5.74, 6) is 2.07. The van der Waals surface area contributed by atoms with Crippen LogP contribution in [0.25, 0.3) is 0 Å². The molecule has 0 bridgehead atoms. The molecule has 0 saturated carbocycles. The van der Waals surface area contributed by atoms with Gasteiger partial charge in [-0.2, -0.15) is 0 Å². The molecule has 1 aromatic heterocycles. The van der Waals surface area contributed by atoms with Crippen LogP contribution in [-0.4, -0.2) is 38.4 Å². The van der Waals surface area contributed by atoms with Crippen LogP contribution in [0, 0.1) is 0 Å². The van der Waals surface area contributed by atoms with Crippen LogP contribution < -0.4 is 20.1 Å². The maximum absolute atomic E-state index is 10.2. The summed E-state index contributed by atoms with van der Waals surface area (Å²) >= 11 is 7.28. The van der Waals surface area contributed by atoms with Gasteiger partial charge in [0.15, 0.2) is 5.96 Å². The first-order chi connectivity index (χ1) is 12.6. The van der Waals surface area contributed by atoms with E-state index in [4.69, 9.17) is 21.1 Å². The van der Waals surface area contributed by atoms with Gasteiger partial charge in [0.25, 0.3) is 0 Å². The van der Waals surface area contributed by atoms with Gasteiger partial charge in [-0.05, 0) is 31.2 Å². The highest BCUT2D eigenvalue weighted by molar-refractivity contribution is 14.0. The number of ether oxygens (including phenoxy) is 2. The predicted octanol–water partition coefficient (Wildman–Crippen LogP) is 3.83. The third-order valence-corrected chi connectivity index (χ3v) is 4.96. The highest BCUT2D eigenvalue weighted by atomic mass is 127. The minimum atomic E-state index is -0.646. The van der Waals surface area contributed by atoms with E-state index in [0.29, 0.717) is 29.9 Å². The Kier molecular flexibility index (Phi) is 10.8. The van der Waals surface area contributed by atoms with Crippen LogP contribution in [0.15, 0.2) is 35.3 Å². The van der Waals surface area contributed by atoms with E-state index in [1.54, 1.807) is 20.3 Å². The smallest absolute Gasteiger partial charge is 0.191 e. The van der Waals surface area contributed by atoms with Gasteiger partial charge in [0.1, 0.15) is 17.6 Å². The summed E-state index contributed by atoms with van der Waals surface area (Å²) in [5, 5.41) is 16.6. The molecule has 3 N–H and O–H groups in total. The van der Waals surface area contributed by atoms with Crippen molar-refractivity contribution in [3.8, 4) is 11.5 Å². The molecule has 150 valence electrons. The Hall–Kier alpha value is -1.23. The molecule has 1 heterocycles. The van der Waals surface area contributed by atoms with Gasteiger partial charge in [-0.1, -0.05) is 11.6 Å². The average Bonchev–Trinajstić information content (AvgIpc) is 3.10. The van der Waals surface area contributed by atoms with Crippen LogP contribution in [0.2, 0.25) is 4.34 Å². The monoisotopic (exact) mass is 525 g/mol. The van der Waals surface area contributed by atoms with Crippen LogP contribution in [0.4, 0.5) is 0 Å². The predicted molar refractivity (Wildman–Crippen MR) is 122 cm³/mol. The highest BCUT2D eigenvalue weighted by Crippen LogP contribution is 2.27. The van der Waals surface area contributed by atoms with Crippen LogP contribution in [-0.2, 0) is 6.54 Å². The standard InChI is InChI=1S/C18H24ClN3O3S.HI/c1-4-20-18(22-11-14(23)16-7-8-17(19)26-16)21-10-12-5-6-13(24-2)9-15(12)25-3;/h5-9,14,23H,4,10-11H2,1-3H3,(H2,20,21,22);1H. The van der Waals surface area contributed by atoms with Crippen molar-refractivity contribution in [3.63, 3.8) is 0 Å².